The molecule has 3 heterocycles. The number of rotatable bonds is 7. The standard InChI is InChI=1S/C25H40N4O5/c30-21(8-4-7-18-5-2-1-3-6-18)27-13-15-28(16-14-27)25(34)29-22(24(32)33)20(23(29)31)17-19-9-11-26-12-10-19/h18-20,22,26H,1-17H2,(H,32,33)/t20-,22+/m1/s1. The number of hydrogen-bond acceptors (Lipinski definition) is 5. The lowest BCUT2D eigenvalue weighted by atomic mass is 9.78. The number of urea groups is 1. The highest BCUT2D eigenvalue weighted by Gasteiger charge is 2.56. The number of piperazine rings is 1. The van der Waals surface area contributed by atoms with Crippen LogP contribution in [0.4, 0.5) is 4.79 Å². The van der Waals surface area contributed by atoms with Crippen LogP contribution in [0.1, 0.15) is 70.6 Å². The Morgan fingerprint density at radius 2 is 1.53 bits per heavy atom. The topological polar surface area (TPSA) is 110 Å². The molecule has 3 saturated heterocycles. The van der Waals surface area contributed by atoms with Crippen molar-refractivity contribution in [2.75, 3.05) is 39.3 Å². The summed E-state index contributed by atoms with van der Waals surface area (Å²) < 4.78 is 0. The molecule has 1 aliphatic carbocycles. The summed E-state index contributed by atoms with van der Waals surface area (Å²) in [6, 6.07) is -1.60. The van der Waals surface area contributed by atoms with Crippen LogP contribution in [0.25, 0.3) is 0 Å². The lowest BCUT2D eigenvalue weighted by Crippen LogP contribution is -2.69. The number of carboxylic acid groups (broad SMARTS) is 1. The normalized spacial score (nSPS) is 26.9. The fraction of sp³-hybridized carbons (Fsp3) is 0.840. The highest BCUT2D eigenvalue weighted by atomic mass is 16.4. The van der Waals surface area contributed by atoms with Crippen LogP contribution < -0.4 is 5.32 Å². The summed E-state index contributed by atoms with van der Waals surface area (Å²) in [5.74, 6) is -0.867. The molecule has 0 aromatic heterocycles. The molecule has 0 aromatic rings. The molecule has 0 unspecified atom stereocenters. The van der Waals surface area contributed by atoms with Gasteiger partial charge in [0.2, 0.25) is 11.8 Å². The Kier molecular flexibility index (Phi) is 8.45. The number of likely N-dealkylation sites (tertiary alicyclic amines) is 1. The monoisotopic (exact) mass is 476 g/mol. The largest absolute Gasteiger partial charge is 0.480 e. The van der Waals surface area contributed by atoms with Gasteiger partial charge in [0.15, 0.2) is 6.04 Å². The number of nitrogens with one attached hydrogen (secondary N) is 1. The average Bonchev–Trinajstić information content (AvgIpc) is 2.86. The first-order valence-corrected chi connectivity index (χ1v) is 13.3. The molecule has 34 heavy (non-hydrogen) atoms. The van der Waals surface area contributed by atoms with E-state index in [2.05, 4.69) is 5.32 Å². The maximum absolute atomic E-state index is 13.0. The van der Waals surface area contributed by atoms with Crippen LogP contribution in [0.3, 0.4) is 0 Å². The van der Waals surface area contributed by atoms with Gasteiger partial charge in [0.25, 0.3) is 0 Å². The summed E-state index contributed by atoms with van der Waals surface area (Å²) >= 11 is 0. The average molecular weight is 477 g/mol. The smallest absolute Gasteiger partial charge is 0.327 e. The summed E-state index contributed by atoms with van der Waals surface area (Å²) in [5.41, 5.74) is 0. The second-order valence-corrected chi connectivity index (χ2v) is 10.6. The third-order valence-corrected chi connectivity index (χ3v) is 8.35. The van der Waals surface area contributed by atoms with Gasteiger partial charge in [0.05, 0.1) is 5.92 Å². The van der Waals surface area contributed by atoms with Gasteiger partial charge in [-0.15, -0.1) is 0 Å². The zero-order valence-corrected chi connectivity index (χ0v) is 20.3. The number of hydrogen-bond donors (Lipinski definition) is 2. The van der Waals surface area contributed by atoms with Crippen molar-refractivity contribution >= 4 is 23.8 Å². The molecular formula is C25H40N4O5. The van der Waals surface area contributed by atoms with E-state index in [4.69, 9.17) is 0 Å². The Morgan fingerprint density at radius 3 is 2.18 bits per heavy atom. The molecule has 1 saturated carbocycles. The van der Waals surface area contributed by atoms with E-state index >= 15 is 0 Å². The van der Waals surface area contributed by atoms with Crippen LogP contribution in [-0.2, 0) is 14.4 Å². The van der Waals surface area contributed by atoms with Crippen molar-refractivity contribution in [3.63, 3.8) is 0 Å². The Hall–Kier alpha value is -2.16. The molecule has 9 nitrogen and oxygen atoms in total. The van der Waals surface area contributed by atoms with Crippen molar-refractivity contribution in [3.05, 3.63) is 0 Å². The summed E-state index contributed by atoms with van der Waals surface area (Å²) in [6.45, 7) is 3.31. The van der Waals surface area contributed by atoms with E-state index in [9.17, 15) is 24.3 Å². The van der Waals surface area contributed by atoms with E-state index in [1.54, 1.807) is 4.90 Å². The van der Waals surface area contributed by atoms with Crippen LogP contribution >= 0.6 is 0 Å². The first-order chi connectivity index (χ1) is 16.5. The fourth-order valence-corrected chi connectivity index (χ4v) is 6.23. The molecule has 3 aliphatic heterocycles. The number of β-lactam (4-membered cyclic amide) rings is 1. The maximum Gasteiger partial charge on any atom is 0.327 e. The van der Waals surface area contributed by atoms with Gasteiger partial charge in [-0.2, -0.15) is 0 Å². The molecule has 9 heteroatoms. The number of carbonyl (C=O) groups is 4. The SMILES string of the molecule is O=C(O)[C@@H]1[C@@H](CC2CCNCC2)C(=O)N1C(=O)N1CCN(C(=O)CCCC2CCCCC2)CC1. The van der Waals surface area contributed by atoms with E-state index in [0.29, 0.717) is 44.9 Å². The lowest BCUT2D eigenvalue weighted by molar-refractivity contribution is -0.167. The van der Waals surface area contributed by atoms with Gasteiger partial charge >= 0.3 is 12.0 Å². The highest BCUT2D eigenvalue weighted by molar-refractivity contribution is 6.07. The molecule has 4 aliphatic rings. The van der Waals surface area contributed by atoms with Gasteiger partial charge in [-0.1, -0.05) is 32.1 Å². The Bertz CT molecular complexity index is 754. The highest BCUT2D eigenvalue weighted by Crippen LogP contribution is 2.36. The van der Waals surface area contributed by atoms with E-state index in [1.807, 2.05) is 0 Å². The summed E-state index contributed by atoms with van der Waals surface area (Å²) in [4.78, 5) is 54.6. The molecule has 0 aromatic carbocycles. The molecule has 0 spiro atoms. The van der Waals surface area contributed by atoms with Crippen LogP contribution in [0, 0.1) is 17.8 Å². The lowest BCUT2D eigenvalue weighted by Gasteiger charge is -2.47. The predicted molar refractivity (Wildman–Crippen MR) is 126 cm³/mol. The van der Waals surface area contributed by atoms with Gasteiger partial charge in [-0.05, 0) is 57.0 Å². The Labute approximate surface area is 202 Å². The van der Waals surface area contributed by atoms with Crippen LogP contribution in [0.15, 0.2) is 0 Å². The second kappa shape index (κ2) is 11.5. The van der Waals surface area contributed by atoms with Gasteiger partial charge in [-0.3, -0.25) is 9.59 Å². The van der Waals surface area contributed by atoms with E-state index in [-0.39, 0.29) is 11.8 Å². The minimum Gasteiger partial charge on any atom is -0.480 e. The van der Waals surface area contributed by atoms with Gasteiger partial charge < -0.3 is 20.2 Å². The fourth-order valence-electron chi connectivity index (χ4n) is 6.23. The van der Waals surface area contributed by atoms with Crippen molar-refractivity contribution in [1.29, 1.82) is 0 Å². The number of carbonyl (C=O) groups excluding carboxylic acids is 3. The number of nitrogens with zero attached hydrogens (tertiary/aromatic N) is 3. The van der Waals surface area contributed by atoms with Gasteiger partial charge in [-0.25, -0.2) is 14.5 Å². The third-order valence-electron chi connectivity index (χ3n) is 8.35. The first kappa shape index (κ1) is 24.9. The van der Waals surface area contributed by atoms with Crippen molar-refractivity contribution in [3.8, 4) is 0 Å². The summed E-state index contributed by atoms with van der Waals surface area (Å²) in [7, 11) is 0. The summed E-state index contributed by atoms with van der Waals surface area (Å²) in [6.07, 6.45) is 11.5. The quantitative estimate of drug-likeness (QED) is 0.546. The van der Waals surface area contributed by atoms with Crippen molar-refractivity contribution in [1.82, 2.24) is 20.0 Å². The molecular weight excluding hydrogens is 436 g/mol. The third kappa shape index (κ3) is 5.73. The zero-order valence-electron chi connectivity index (χ0n) is 20.3. The molecule has 0 bridgehead atoms. The van der Waals surface area contributed by atoms with E-state index < -0.39 is 24.0 Å². The molecule has 4 rings (SSSR count). The number of amides is 4. The van der Waals surface area contributed by atoms with Crippen molar-refractivity contribution in [2.45, 2.75) is 76.7 Å². The van der Waals surface area contributed by atoms with Crippen LogP contribution in [0.5, 0.6) is 0 Å². The number of aliphatic carboxylic acids is 1. The van der Waals surface area contributed by atoms with E-state index in [1.165, 1.54) is 37.0 Å². The number of piperidine rings is 1. The maximum atomic E-state index is 13.0. The molecule has 190 valence electrons. The number of carboxylic acids is 1. The molecule has 2 N–H and O–H groups in total. The molecule has 0 radical (unpaired) electrons. The van der Waals surface area contributed by atoms with E-state index in [0.717, 1.165) is 49.6 Å². The Morgan fingerprint density at radius 1 is 0.882 bits per heavy atom. The minimum atomic E-state index is -1.11. The van der Waals surface area contributed by atoms with Crippen LogP contribution in [0.2, 0.25) is 0 Å². The van der Waals surface area contributed by atoms with Gasteiger partial charge in [0.1, 0.15) is 0 Å². The first-order valence-electron chi connectivity index (χ1n) is 13.3. The summed E-state index contributed by atoms with van der Waals surface area (Å²) in [5, 5.41) is 13.0. The Balaban J connectivity index is 1.22. The number of imide groups is 1. The zero-order chi connectivity index (χ0) is 24.1. The van der Waals surface area contributed by atoms with Crippen molar-refractivity contribution < 1.29 is 24.3 Å². The molecule has 2 atom stereocenters. The van der Waals surface area contributed by atoms with Gasteiger partial charge in [0, 0.05) is 32.6 Å². The predicted octanol–water partition coefficient (Wildman–Crippen LogP) is 2.30. The second-order valence-electron chi connectivity index (χ2n) is 10.6. The van der Waals surface area contributed by atoms with Crippen molar-refractivity contribution in [2.24, 2.45) is 17.8 Å². The molecule has 4 amide bonds. The minimum absolute atomic E-state index is 0.133. The molecule has 4 fully saturated rings. The van der Waals surface area contributed by atoms with Crippen LogP contribution in [-0.4, -0.2) is 88.9 Å².